The number of thiophene rings is 1. The first-order valence-electron chi connectivity index (χ1n) is 8.46. The highest BCUT2D eigenvalue weighted by molar-refractivity contribution is 7.19. The molecule has 3 rings (SSSR count). The van der Waals surface area contributed by atoms with Gasteiger partial charge in [0.05, 0.1) is 5.39 Å². The first-order valence-corrected chi connectivity index (χ1v) is 9.28. The molecule has 27 heavy (non-hydrogen) atoms. The van der Waals surface area contributed by atoms with Crippen molar-refractivity contribution in [2.24, 2.45) is 0 Å². The van der Waals surface area contributed by atoms with Gasteiger partial charge < -0.3 is 15.3 Å². The highest BCUT2D eigenvalue weighted by atomic mass is 32.1. The van der Waals surface area contributed by atoms with Gasteiger partial charge in [0.1, 0.15) is 23.5 Å². The third-order valence-corrected chi connectivity index (χ3v) is 5.17. The summed E-state index contributed by atoms with van der Waals surface area (Å²) in [5, 5.41) is 12.9. The Morgan fingerprint density at radius 3 is 2.67 bits per heavy atom. The van der Waals surface area contributed by atoms with E-state index < -0.39 is 5.97 Å². The molecule has 8 heteroatoms. The minimum absolute atomic E-state index is 0.180. The number of benzene rings is 1. The van der Waals surface area contributed by atoms with Crippen LogP contribution in [0.1, 0.15) is 11.3 Å². The number of hydrogen-bond donors (Lipinski definition) is 2. The van der Waals surface area contributed by atoms with Crippen molar-refractivity contribution < 1.29 is 14.7 Å². The summed E-state index contributed by atoms with van der Waals surface area (Å²) in [6.07, 6.45) is 1.69. The summed E-state index contributed by atoms with van der Waals surface area (Å²) >= 11 is 1.61. The predicted octanol–water partition coefficient (Wildman–Crippen LogP) is 3.01. The van der Waals surface area contributed by atoms with Crippen molar-refractivity contribution in [3.63, 3.8) is 0 Å². The van der Waals surface area contributed by atoms with Crippen LogP contribution >= 0.6 is 11.3 Å². The van der Waals surface area contributed by atoms with Crippen LogP contribution in [0.25, 0.3) is 21.3 Å². The molecule has 0 saturated heterocycles. The molecule has 2 aromatic heterocycles. The maximum absolute atomic E-state index is 12.0. The summed E-state index contributed by atoms with van der Waals surface area (Å²) in [6.45, 7) is 2.11. The molecular formula is C19H20N4O3S. The number of nitrogens with one attached hydrogen (secondary N) is 1. The number of nitrogens with zero attached hydrogens (tertiary/aromatic N) is 3. The van der Waals surface area contributed by atoms with E-state index in [1.54, 1.807) is 11.3 Å². The van der Waals surface area contributed by atoms with Gasteiger partial charge in [-0.15, -0.1) is 11.3 Å². The minimum atomic E-state index is -1.03. The van der Waals surface area contributed by atoms with Gasteiger partial charge in [-0.2, -0.15) is 0 Å². The van der Waals surface area contributed by atoms with Crippen molar-refractivity contribution in [1.29, 1.82) is 0 Å². The monoisotopic (exact) mass is 384 g/mol. The molecule has 0 bridgehead atoms. The van der Waals surface area contributed by atoms with E-state index in [1.807, 2.05) is 18.2 Å². The van der Waals surface area contributed by atoms with E-state index in [9.17, 15) is 9.59 Å². The van der Waals surface area contributed by atoms with Gasteiger partial charge >= 0.3 is 5.97 Å². The van der Waals surface area contributed by atoms with E-state index in [0.717, 1.165) is 26.2 Å². The fraction of sp³-hybridized carbons (Fsp3) is 0.263. The Morgan fingerprint density at radius 1 is 1.22 bits per heavy atom. The molecule has 1 aromatic carbocycles. The molecule has 0 unspecified atom stereocenters. The summed E-state index contributed by atoms with van der Waals surface area (Å²) in [4.78, 5) is 34.7. The smallest absolute Gasteiger partial charge is 0.323 e. The number of likely N-dealkylation sites (N-methyl/N-ethyl adjacent to an activating group) is 1. The molecule has 2 N–H and O–H groups in total. The van der Waals surface area contributed by atoms with E-state index in [1.165, 1.54) is 18.3 Å². The number of carbonyl (C=O) groups is 2. The summed E-state index contributed by atoms with van der Waals surface area (Å²) in [5.41, 5.74) is 2.18. The predicted molar refractivity (Wildman–Crippen MR) is 106 cm³/mol. The van der Waals surface area contributed by atoms with Crippen molar-refractivity contribution in [2.45, 2.75) is 13.3 Å². The molecule has 7 nitrogen and oxygen atoms in total. The van der Waals surface area contributed by atoms with Crippen LogP contribution in [0.15, 0.2) is 36.7 Å². The average Bonchev–Trinajstić information content (AvgIpc) is 2.98. The second-order valence-electron chi connectivity index (χ2n) is 6.12. The quantitative estimate of drug-likeness (QED) is 0.650. The second kappa shape index (κ2) is 8.13. The van der Waals surface area contributed by atoms with Crippen molar-refractivity contribution in [2.75, 3.05) is 25.5 Å². The molecule has 0 atom stereocenters. The lowest BCUT2D eigenvalue weighted by Gasteiger charge is -2.15. The normalized spacial score (nSPS) is 10.7. The van der Waals surface area contributed by atoms with Crippen LogP contribution in [-0.4, -0.2) is 52.0 Å². The Kier molecular flexibility index (Phi) is 5.66. The zero-order valence-corrected chi connectivity index (χ0v) is 15.9. The molecule has 2 heterocycles. The van der Waals surface area contributed by atoms with Crippen LogP contribution in [-0.2, 0) is 9.59 Å². The first-order chi connectivity index (χ1) is 13.0. The standard InChI is InChI=1S/C19H20N4O3S/c1-12-16(13-6-4-3-5-7-13)17-18(21-11-22-19(17)27-12)20-9-8-14(24)23(2)10-15(25)26/h3-7,11H,8-10H2,1-2H3,(H,25,26)(H,20,21,22). The molecule has 140 valence electrons. The number of carboxylic acid groups (broad SMARTS) is 1. The lowest BCUT2D eigenvalue weighted by Crippen LogP contribution is -2.32. The average molecular weight is 384 g/mol. The third-order valence-electron chi connectivity index (χ3n) is 4.16. The van der Waals surface area contributed by atoms with E-state index >= 15 is 0 Å². The number of rotatable bonds is 7. The topological polar surface area (TPSA) is 95.4 Å². The lowest BCUT2D eigenvalue weighted by molar-refractivity contribution is -0.143. The molecule has 0 aliphatic carbocycles. The summed E-state index contributed by atoms with van der Waals surface area (Å²) in [5.74, 6) is -0.588. The maximum atomic E-state index is 12.0. The van der Waals surface area contributed by atoms with Crippen molar-refractivity contribution >= 4 is 39.2 Å². The van der Waals surface area contributed by atoms with Crippen molar-refractivity contribution in [1.82, 2.24) is 14.9 Å². The van der Waals surface area contributed by atoms with Gasteiger partial charge in [-0.25, -0.2) is 9.97 Å². The summed E-state index contributed by atoms with van der Waals surface area (Å²) < 4.78 is 0. The van der Waals surface area contributed by atoms with Gasteiger partial charge in [-0.3, -0.25) is 9.59 Å². The SMILES string of the molecule is Cc1sc2ncnc(NCCC(=O)N(C)CC(=O)O)c2c1-c1ccccc1. The number of carbonyl (C=O) groups excluding carboxylic acids is 1. The van der Waals surface area contributed by atoms with Crippen LogP contribution in [0.5, 0.6) is 0 Å². The van der Waals surface area contributed by atoms with E-state index in [0.29, 0.717) is 12.4 Å². The number of fused-ring (bicyclic) bond motifs is 1. The Bertz CT molecular complexity index is 972. The molecule has 0 aliphatic rings. The van der Waals surface area contributed by atoms with Crippen molar-refractivity contribution in [3.05, 3.63) is 41.5 Å². The Labute approximate surface area is 160 Å². The zero-order chi connectivity index (χ0) is 19.4. The number of amides is 1. The fourth-order valence-electron chi connectivity index (χ4n) is 2.90. The molecule has 1 amide bonds. The molecule has 0 spiro atoms. The first kappa shape index (κ1) is 18.8. The molecule has 0 radical (unpaired) electrons. The van der Waals surface area contributed by atoms with Gasteiger partial charge in [0.25, 0.3) is 0 Å². The number of aliphatic carboxylic acids is 1. The molecule has 0 saturated carbocycles. The number of aromatic nitrogens is 2. The second-order valence-corrected chi connectivity index (χ2v) is 7.33. The van der Waals surface area contributed by atoms with Gasteiger partial charge in [-0.05, 0) is 12.5 Å². The fourth-order valence-corrected chi connectivity index (χ4v) is 3.91. The van der Waals surface area contributed by atoms with Crippen LogP contribution in [0.3, 0.4) is 0 Å². The van der Waals surface area contributed by atoms with Gasteiger partial charge in [0.15, 0.2) is 0 Å². The van der Waals surface area contributed by atoms with E-state index in [2.05, 4.69) is 34.3 Å². The molecule has 3 aromatic rings. The van der Waals surface area contributed by atoms with Crippen LogP contribution < -0.4 is 5.32 Å². The highest BCUT2D eigenvalue weighted by Crippen LogP contribution is 2.40. The van der Waals surface area contributed by atoms with Gasteiger partial charge in [0.2, 0.25) is 5.91 Å². The van der Waals surface area contributed by atoms with Crippen LogP contribution in [0.4, 0.5) is 5.82 Å². The number of hydrogen-bond acceptors (Lipinski definition) is 6. The number of aryl methyl sites for hydroxylation is 1. The summed E-state index contributed by atoms with van der Waals surface area (Å²) in [7, 11) is 1.48. The number of carboxylic acids is 1. The third kappa shape index (κ3) is 4.22. The number of anilines is 1. The summed E-state index contributed by atoms with van der Waals surface area (Å²) in [6, 6.07) is 10.1. The molecule has 0 aliphatic heterocycles. The maximum Gasteiger partial charge on any atom is 0.323 e. The molecule has 0 fully saturated rings. The Hall–Kier alpha value is -3.00. The van der Waals surface area contributed by atoms with Crippen molar-refractivity contribution in [3.8, 4) is 11.1 Å². The molecular weight excluding hydrogens is 364 g/mol. The van der Waals surface area contributed by atoms with Gasteiger partial charge in [0, 0.05) is 30.5 Å². The Balaban J connectivity index is 1.81. The highest BCUT2D eigenvalue weighted by Gasteiger charge is 2.17. The largest absolute Gasteiger partial charge is 0.480 e. The lowest BCUT2D eigenvalue weighted by atomic mass is 10.0. The Morgan fingerprint density at radius 2 is 1.96 bits per heavy atom. The van der Waals surface area contributed by atoms with Gasteiger partial charge in [-0.1, -0.05) is 30.3 Å². The van der Waals surface area contributed by atoms with Crippen LogP contribution in [0, 0.1) is 6.92 Å². The van der Waals surface area contributed by atoms with Crippen LogP contribution in [0.2, 0.25) is 0 Å². The minimum Gasteiger partial charge on any atom is -0.480 e. The van der Waals surface area contributed by atoms with E-state index in [4.69, 9.17) is 5.11 Å². The van der Waals surface area contributed by atoms with E-state index in [-0.39, 0.29) is 18.9 Å². The zero-order valence-electron chi connectivity index (χ0n) is 15.1.